The zero-order valence-electron chi connectivity index (χ0n) is 10.8. The van der Waals surface area contributed by atoms with E-state index in [-0.39, 0.29) is 12.7 Å². The molecule has 1 aliphatic heterocycles. The summed E-state index contributed by atoms with van der Waals surface area (Å²) >= 11 is 0. The first-order valence-electron chi connectivity index (χ1n) is 5.96. The second kappa shape index (κ2) is 5.30. The molecule has 94 valence electrons. The Labute approximate surface area is 98.4 Å². The lowest BCUT2D eigenvalue weighted by Crippen LogP contribution is -2.44. The molecule has 1 N–H and O–H groups in total. The van der Waals surface area contributed by atoms with Gasteiger partial charge in [0, 0.05) is 6.61 Å². The van der Waals surface area contributed by atoms with E-state index in [0.717, 1.165) is 12.0 Å². The molecule has 1 aliphatic rings. The summed E-state index contributed by atoms with van der Waals surface area (Å²) in [4.78, 5) is 0. The second-order valence-electron chi connectivity index (χ2n) is 5.39. The Morgan fingerprint density at radius 2 is 2.12 bits per heavy atom. The van der Waals surface area contributed by atoms with Gasteiger partial charge in [-0.25, -0.2) is 0 Å². The summed E-state index contributed by atoms with van der Waals surface area (Å²) < 4.78 is 11.4. The van der Waals surface area contributed by atoms with Crippen LogP contribution in [0.15, 0.2) is 12.2 Å². The van der Waals surface area contributed by atoms with Crippen molar-refractivity contribution in [1.82, 2.24) is 0 Å². The predicted molar refractivity (Wildman–Crippen MR) is 64.1 cm³/mol. The van der Waals surface area contributed by atoms with Gasteiger partial charge in [-0.2, -0.15) is 0 Å². The molecule has 3 heteroatoms. The fourth-order valence-electron chi connectivity index (χ4n) is 2.12. The molecule has 3 nitrogen and oxygen atoms in total. The topological polar surface area (TPSA) is 38.7 Å². The lowest BCUT2D eigenvalue weighted by atomic mass is 9.89. The van der Waals surface area contributed by atoms with Crippen molar-refractivity contribution in [1.29, 1.82) is 0 Å². The third kappa shape index (κ3) is 3.58. The van der Waals surface area contributed by atoms with Gasteiger partial charge >= 0.3 is 0 Å². The molecular formula is C13H24O3. The standard InChI is InChI=1S/C13H24O3/c1-9(7-14)6-10(2)12-11(3)8-15-13(4,5)16-12/h9-10,12,14H,3,6-8H2,1-2,4-5H3/t9-,10+,12+/m1/s1. The maximum atomic E-state index is 9.06. The smallest absolute Gasteiger partial charge is 0.164 e. The van der Waals surface area contributed by atoms with E-state index in [4.69, 9.17) is 14.6 Å². The first-order chi connectivity index (χ1) is 7.35. The minimum absolute atomic E-state index is 0.0396. The van der Waals surface area contributed by atoms with Crippen LogP contribution in [0.2, 0.25) is 0 Å². The maximum Gasteiger partial charge on any atom is 0.164 e. The normalized spacial score (nSPS) is 28.8. The van der Waals surface area contributed by atoms with Crippen molar-refractivity contribution >= 4 is 0 Å². The highest BCUT2D eigenvalue weighted by molar-refractivity contribution is 5.07. The molecule has 0 saturated carbocycles. The molecule has 0 aromatic carbocycles. The van der Waals surface area contributed by atoms with Crippen LogP contribution in [0.3, 0.4) is 0 Å². The van der Waals surface area contributed by atoms with Gasteiger partial charge in [0.15, 0.2) is 5.79 Å². The molecule has 0 amide bonds. The average molecular weight is 228 g/mol. The van der Waals surface area contributed by atoms with Crippen LogP contribution in [0, 0.1) is 11.8 Å². The highest BCUT2D eigenvalue weighted by Crippen LogP contribution is 2.31. The third-order valence-electron chi connectivity index (χ3n) is 3.02. The van der Waals surface area contributed by atoms with Crippen LogP contribution in [0.1, 0.15) is 34.1 Å². The Balaban J connectivity index is 2.59. The van der Waals surface area contributed by atoms with Gasteiger partial charge in [0.1, 0.15) is 0 Å². The summed E-state index contributed by atoms with van der Waals surface area (Å²) in [5.74, 6) is 0.137. The molecule has 0 spiro atoms. The summed E-state index contributed by atoms with van der Waals surface area (Å²) in [6.45, 7) is 12.8. The van der Waals surface area contributed by atoms with E-state index in [1.165, 1.54) is 0 Å². The lowest BCUT2D eigenvalue weighted by Gasteiger charge is -2.40. The Morgan fingerprint density at radius 1 is 1.50 bits per heavy atom. The minimum atomic E-state index is -0.525. The summed E-state index contributed by atoms with van der Waals surface area (Å²) in [7, 11) is 0. The van der Waals surface area contributed by atoms with Crippen molar-refractivity contribution in [2.75, 3.05) is 13.2 Å². The van der Waals surface area contributed by atoms with Gasteiger partial charge in [0.2, 0.25) is 0 Å². The van der Waals surface area contributed by atoms with Crippen LogP contribution < -0.4 is 0 Å². The van der Waals surface area contributed by atoms with E-state index < -0.39 is 5.79 Å². The maximum absolute atomic E-state index is 9.06. The summed E-state index contributed by atoms with van der Waals surface area (Å²) in [5, 5.41) is 9.06. The predicted octanol–water partition coefficient (Wildman–Crippen LogP) is 2.35. The highest BCUT2D eigenvalue weighted by Gasteiger charge is 2.35. The van der Waals surface area contributed by atoms with Crippen molar-refractivity contribution in [3.05, 3.63) is 12.2 Å². The van der Waals surface area contributed by atoms with E-state index in [1.54, 1.807) is 0 Å². The molecule has 0 radical (unpaired) electrons. The Morgan fingerprint density at radius 3 is 2.69 bits per heavy atom. The van der Waals surface area contributed by atoms with Crippen molar-refractivity contribution in [2.45, 2.75) is 46.0 Å². The molecule has 1 saturated heterocycles. The molecule has 1 heterocycles. The molecule has 0 aromatic heterocycles. The largest absolute Gasteiger partial charge is 0.396 e. The Hall–Kier alpha value is -0.380. The molecular weight excluding hydrogens is 204 g/mol. The number of rotatable bonds is 4. The lowest BCUT2D eigenvalue weighted by molar-refractivity contribution is -0.260. The van der Waals surface area contributed by atoms with Gasteiger partial charge < -0.3 is 14.6 Å². The molecule has 0 aromatic rings. The van der Waals surface area contributed by atoms with Gasteiger partial charge in [-0.3, -0.25) is 0 Å². The van der Waals surface area contributed by atoms with E-state index in [0.29, 0.717) is 18.4 Å². The molecule has 3 atom stereocenters. The number of aliphatic hydroxyl groups excluding tert-OH is 1. The van der Waals surface area contributed by atoms with Gasteiger partial charge in [0.05, 0.1) is 12.7 Å². The zero-order valence-corrected chi connectivity index (χ0v) is 10.8. The molecule has 16 heavy (non-hydrogen) atoms. The Bertz CT molecular complexity index is 248. The zero-order chi connectivity index (χ0) is 12.3. The Kier molecular flexibility index (Phi) is 4.53. The van der Waals surface area contributed by atoms with E-state index in [1.807, 2.05) is 20.8 Å². The van der Waals surface area contributed by atoms with Gasteiger partial charge in [0.25, 0.3) is 0 Å². The van der Waals surface area contributed by atoms with Gasteiger partial charge in [-0.05, 0) is 37.7 Å². The number of hydrogen-bond donors (Lipinski definition) is 1. The molecule has 0 unspecified atom stereocenters. The molecule has 1 fully saturated rings. The quantitative estimate of drug-likeness (QED) is 0.751. The number of hydrogen-bond acceptors (Lipinski definition) is 3. The van der Waals surface area contributed by atoms with Crippen LogP contribution in [-0.4, -0.2) is 30.2 Å². The van der Waals surface area contributed by atoms with Crippen LogP contribution in [0.5, 0.6) is 0 Å². The van der Waals surface area contributed by atoms with Gasteiger partial charge in [-0.1, -0.05) is 20.4 Å². The van der Waals surface area contributed by atoms with Crippen LogP contribution in [-0.2, 0) is 9.47 Å². The minimum Gasteiger partial charge on any atom is -0.396 e. The average Bonchev–Trinajstić information content (AvgIpc) is 2.21. The van der Waals surface area contributed by atoms with E-state index in [9.17, 15) is 0 Å². The third-order valence-corrected chi connectivity index (χ3v) is 3.02. The number of ether oxygens (including phenoxy) is 2. The molecule has 1 rings (SSSR count). The second-order valence-corrected chi connectivity index (χ2v) is 5.39. The summed E-state index contributed by atoms with van der Waals surface area (Å²) in [6, 6.07) is 0. The van der Waals surface area contributed by atoms with Crippen molar-refractivity contribution in [3.63, 3.8) is 0 Å². The van der Waals surface area contributed by atoms with Crippen LogP contribution >= 0.6 is 0 Å². The van der Waals surface area contributed by atoms with Crippen LogP contribution in [0.25, 0.3) is 0 Å². The van der Waals surface area contributed by atoms with E-state index in [2.05, 4.69) is 13.5 Å². The summed E-state index contributed by atoms with van der Waals surface area (Å²) in [5.41, 5.74) is 0.997. The highest BCUT2D eigenvalue weighted by atomic mass is 16.7. The fourth-order valence-corrected chi connectivity index (χ4v) is 2.12. The van der Waals surface area contributed by atoms with Crippen molar-refractivity contribution in [2.24, 2.45) is 11.8 Å². The molecule has 0 aliphatic carbocycles. The molecule has 0 bridgehead atoms. The fraction of sp³-hybridized carbons (Fsp3) is 0.846. The van der Waals surface area contributed by atoms with Crippen molar-refractivity contribution in [3.8, 4) is 0 Å². The van der Waals surface area contributed by atoms with Crippen LogP contribution in [0.4, 0.5) is 0 Å². The van der Waals surface area contributed by atoms with Crippen molar-refractivity contribution < 1.29 is 14.6 Å². The first kappa shape index (κ1) is 13.7. The summed E-state index contributed by atoms with van der Waals surface area (Å²) in [6.07, 6.45) is 0.980. The van der Waals surface area contributed by atoms with E-state index >= 15 is 0 Å². The first-order valence-corrected chi connectivity index (χ1v) is 5.96. The SMILES string of the molecule is C=C1COC(C)(C)O[C@H]1[C@@H](C)C[C@@H](C)CO. The number of aliphatic hydroxyl groups is 1. The monoisotopic (exact) mass is 228 g/mol. The van der Waals surface area contributed by atoms with Gasteiger partial charge in [-0.15, -0.1) is 0 Å².